The first-order valence-electron chi connectivity index (χ1n) is 8.46. The second-order valence-corrected chi connectivity index (χ2v) is 8.07. The van der Waals surface area contributed by atoms with Crippen molar-refractivity contribution >= 4 is 0 Å². The smallest absolute Gasteiger partial charge is 1.00 e. The third-order valence-corrected chi connectivity index (χ3v) is 5.99. The Balaban J connectivity index is 0.00000264. The molecule has 133 valence electrons. The van der Waals surface area contributed by atoms with Gasteiger partial charge >= 0.3 is 148 Å². The van der Waals surface area contributed by atoms with E-state index in [9.17, 15) is 0 Å². The Kier molecular flexibility index (Phi) is 9.87. The molecule has 0 bridgehead atoms. The molecule has 2 aliphatic carbocycles. The second kappa shape index (κ2) is 9.79. The molecule has 0 heterocycles. The minimum absolute atomic E-state index is 0. The summed E-state index contributed by atoms with van der Waals surface area (Å²) in [5.74, 6) is 0. The van der Waals surface area contributed by atoms with Gasteiger partial charge in [-0.25, -0.2) is 0 Å². The average Bonchev–Trinajstić information content (AvgIpc) is 2.88. The fourth-order valence-corrected chi connectivity index (χ4v) is 4.59. The van der Waals surface area contributed by atoms with Gasteiger partial charge in [0.15, 0.2) is 0 Å². The molecule has 1 atom stereocenters. The molecule has 0 saturated heterocycles. The van der Waals surface area contributed by atoms with E-state index in [1.165, 1.54) is 27.0 Å². The van der Waals surface area contributed by atoms with Gasteiger partial charge in [-0.05, 0) is 0 Å². The quantitative estimate of drug-likeness (QED) is 0.434. The molecule has 1 nitrogen and oxygen atoms in total. The van der Waals surface area contributed by atoms with Gasteiger partial charge in [0.25, 0.3) is 0 Å². The maximum Gasteiger partial charge on any atom is -1.00 e. The van der Waals surface area contributed by atoms with Gasteiger partial charge in [-0.3, -0.25) is 0 Å². The van der Waals surface area contributed by atoms with Gasteiger partial charge in [-0.1, -0.05) is 0 Å². The zero-order valence-electron chi connectivity index (χ0n) is 15.5. The van der Waals surface area contributed by atoms with Crippen LogP contribution in [-0.4, -0.2) is 12.2 Å². The number of rotatable bonds is 6. The molecule has 0 aromatic carbocycles. The van der Waals surface area contributed by atoms with Crippen molar-refractivity contribution in [3.8, 4) is 0 Å². The summed E-state index contributed by atoms with van der Waals surface area (Å²) < 4.78 is 8.10. The Morgan fingerprint density at radius 1 is 1.25 bits per heavy atom. The van der Waals surface area contributed by atoms with E-state index in [0.29, 0.717) is 0 Å². The SMILES string of the molecule is CCCCOC1(C(C)(C)C2=[C]([Ti+2])CC=C2)CC=C(C)C=C1C.[Cl-].[Cl-]. The topological polar surface area (TPSA) is 9.23 Å². The molecule has 0 spiro atoms. The van der Waals surface area contributed by atoms with Crippen LogP contribution in [0.2, 0.25) is 0 Å². The van der Waals surface area contributed by atoms with Crippen molar-refractivity contribution in [3.05, 3.63) is 44.9 Å². The zero-order chi connectivity index (χ0) is 16.4. The summed E-state index contributed by atoms with van der Waals surface area (Å²) in [4.78, 5) is 0. The fourth-order valence-electron chi connectivity index (χ4n) is 3.78. The summed E-state index contributed by atoms with van der Waals surface area (Å²) in [6.07, 6.45) is 13.6. The summed E-state index contributed by atoms with van der Waals surface area (Å²) >= 11 is 2.26. The standard InChI is InChI=1S/C20H29O.2ClH.Ti/c1-6-7-14-21-20(13-12-16(2)15-17(20)3)19(4,5)18-10-8-9-11-18;;;/h8,10,12,15H,6-7,9,13-14H2,1-5H3;2*1H;/q;;;+2/p-2. The van der Waals surface area contributed by atoms with Crippen LogP contribution in [0.4, 0.5) is 0 Å². The van der Waals surface area contributed by atoms with Crippen LogP contribution < -0.4 is 24.8 Å². The number of unbranched alkanes of at least 4 members (excludes halogenated alkanes) is 1. The molecule has 0 aliphatic heterocycles. The Bertz CT molecular complexity index is 558. The predicted octanol–water partition coefficient (Wildman–Crippen LogP) is -0.367. The maximum absolute atomic E-state index is 6.62. The molecule has 0 amide bonds. The average molecular weight is 404 g/mol. The van der Waals surface area contributed by atoms with Crippen molar-refractivity contribution < 1.29 is 50.0 Å². The minimum Gasteiger partial charge on any atom is -1.00 e. The molecule has 1 unspecified atom stereocenters. The number of ether oxygens (including phenoxy) is 1. The molecule has 0 N–H and O–H groups in total. The number of hydrogen-bond donors (Lipinski definition) is 0. The fraction of sp³-hybridized carbons (Fsp3) is 0.600. The number of allylic oxidation sites excluding steroid dienone is 5. The summed E-state index contributed by atoms with van der Waals surface area (Å²) in [5, 5.41) is 0. The number of hydrogen-bond acceptors (Lipinski definition) is 1. The molecule has 0 radical (unpaired) electrons. The summed E-state index contributed by atoms with van der Waals surface area (Å²) in [5.41, 5.74) is 3.96. The van der Waals surface area contributed by atoms with Crippen LogP contribution in [0, 0.1) is 5.41 Å². The van der Waals surface area contributed by atoms with Gasteiger partial charge in [-0.2, -0.15) is 0 Å². The molecule has 0 saturated carbocycles. The Morgan fingerprint density at radius 3 is 2.42 bits per heavy atom. The third-order valence-electron chi connectivity index (χ3n) is 5.25. The Hall–Kier alpha value is 0.214. The van der Waals surface area contributed by atoms with E-state index in [1.54, 1.807) is 0 Å². The minimum atomic E-state index is -0.215. The summed E-state index contributed by atoms with van der Waals surface area (Å²) in [7, 11) is 0. The Morgan fingerprint density at radius 2 is 1.92 bits per heavy atom. The molecular weight excluding hydrogens is 375 g/mol. The molecule has 2 aliphatic rings. The monoisotopic (exact) mass is 403 g/mol. The van der Waals surface area contributed by atoms with Gasteiger partial charge in [-0.15, -0.1) is 0 Å². The molecule has 2 rings (SSSR count). The van der Waals surface area contributed by atoms with Crippen molar-refractivity contribution in [2.45, 2.75) is 65.9 Å². The van der Waals surface area contributed by atoms with Crippen LogP contribution in [0.3, 0.4) is 0 Å². The van der Waals surface area contributed by atoms with Crippen molar-refractivity contribution in [3.63, 3.8) is 0 Å². The van der Waals surface area contributed by atoms with E-state index < -0.39 is 0 Å². The second-order valence-electron chi connectivity index (χ2n) is 7.13. The molecule has 0 aromatic rings. The van der Waals surface area contributed by atoms with Gasteiger partial charge in [0, 0.05) is 0 Å². The van der Waals surface area contributed by atoms with Gasteiger partial charge < -0.3 is 24.8 Å². The van der Waals surface area contributed by atoms with E-state index in [-0.39, 0.29) is 35.8 Å². The van der Waals surface area contributed by atoms with E-state index in [4.69, 9.17) is 4.74 Å². The first-order valence-corrected chi connectivity index (χ1v) is 9.24. The first kappa shape index (κ1) is 24.2. The summed E-state index contributed by atoms with van der Waals surface area (Å²) in [6, 6.07) is 0. The molecule has 24 heavy (non-hydrogen) atoms. The maximum atomic E-state index is 6.62. The Labute approximate surface area is 172 Å². The molecule has 0 fully saturated rings. The van der Waals surface area contributed by atoms with Crippen LogP contribution in [0.25, 0.3) is 0 Å². The third kappa shape index (κ3) is 4.48. The molecule has 4 heteroatoms. The first-order chi connectivity index (χ1) is 10.3. The molecule has 0 aromatic heterocycles. The largest absolute Gasteiger partial charge is 1.00 e. The van der Waals surface area contributed by atoms with E-state index >= 15 is 0 Å². The van der Waals surface area contributed by atoms with Gasteiger partial charge in [0.1, 0.15) is 0 Å². The van der Waals surface area contributed by atoms with Crippen LogP contribution >= 0.6 is 0 Å². The van der Waals surface area contributed by atoms with Crippen molar-refractivity contribution in [1.29, 1.82) is 0 Å². The van der Waals surface area contributed by atoms with Crippen molar-refractivity contribution in [2.24, 2.45) is 5.41 Å². The van der Waals surface area contributed by atoms with E-state index in [2.05, 4.69) is 79.4 Å². The van der Waals surface area contributed by atoms with Gasteiger partial charge in [0.2, 0.25) is 0 Å². The van der Waals surface area contributed by atoms with Crippen LogP contribution in [-0.2, 0) is 25.2 Å². The predicted molar refractivity (Wildman–Crippen MR) is 90.3 cm³/mol. The normalized spacial score (nSPS) is 23.5. The van der Waals surface area contributed by atoms with Crippen LogP contribution in [0.1, 0.15) is 60.3 Å². The van der Waals surface area contributed by atoms with Crippen LogP contribution in [0.15, 0.2) is 44.9 Å². The molecular formula is C20H29Cl2OTi. The zero-order valence-corrected chi connectivity index (χ0v) is 18.6. The number of halogens is 2. The summed E-state index contributed by atoms with van der Waals surface area (Å²) in [6.45, 7) is 12.2. The van der Waals surface area contributed by atoms with Crippen LogP contribution in [0.5, 0.6) is 0 Å². The van der Waals surface area contributed by atoms with E-state index in [1.807, 2.05) is 0 Å². The van der Waals surface area contributed by atoms with Crippen molar-refractivity contribution in [1.82, 2.24) is 0 Å². The van der Waals surface area contributed by atoms with Gasteiger partial charge in [0.05, 0.1) is 0 Å². The van der Waals surface area contributed by atoms with Crippen molar-refractivity contribution in [2.75, 3.05) is 6.61 Å². The van der Waals surface area contributed by atoms with E-state index in [0.717, 1.165) is 25.9 Å².